The van der Waals surface area contributed by atoms with Gasteiger partial charge in [-0.05, 0) is 61.4 Å². The monoisotopic (exact) mass is 456 g/mol. The van der Waals surface area contributed by atoms with E-state index in [2.05, 4.69) is 10.6 Å². The van der Waals surface area contributed by atoms with Crippen LogP contribution in [0.5, 0.6) is 0 Å². The minimum atomic E-state index is -0.322. The van der Waals surface area contributed by atoms with Crippen LogP contribution in [-0.2, 0) is 4.79 Å². The number of benzene rings is 3. The number of amides is 4. The molecule has 1 heterocycles. The van der Waals surface area contributed by atoms with Gasteiger partial charge in [0.2, 0.25) is 5.91 Å². The number of nitrogens with zero attached hydrogens (tertiary/aromatic N) is 2. The zero-order valence-electron chi connectivity index (χ0n) is 19.5. The Morgan fingerprint density at radius 2 is 1.56 bits per heavy atom. The largest absolute Gasteiger partial charge is 0.341 e. The molecule has 3 aromatic rings. The highest BCUT2D eigenvalue weighted by molar-refractivity contribution is 6.08. The molecule has 1 aliphatic rings. The van der Waals surface area contributed by atoms with Crippen LogP contribution in [0.15, 0.2) is 78.9 Å². The lowest BCUT2D eigenvalue weighted by atomic mass is 9.89. The summed E-state index contributed by atoms with van der Waals surface area (Å²) in [5.74, 6) is -0.170. The van der Waals surface area contributed by atoms with E-state index in [0.717, 1.165) is 16.9 Å². The Hall–Kier alpha value is -4.13. The van der Waals surface area contributed by atoms with Crippen LogP contribution in [0.2, 0.25) is 0 Å². The van der Waals surface area contributed by atoms with Gasteiger partial charge >= 0.3 is 6.03 Å². The van der Waals surface area contributed by atoms with Crippen molar-refractivity contribution in [2.24, 2.45) is 0 Å². The third kappa shape index (κ3) is 4.50. The second-order valence-corrected chi connectivity index (χ2v) is 8.34. The highest BCUT2D eigenvalue weighted by Gasteiger charge is 2.38. The van der Waals surface area contributed by atoms with Crippen LogP contribution in [0.3, 0.4) is 0 Å². The number of nitrogens with one attached hydrogen (secondary N) is 2. The molecular formula is C27H28N4O3. The third-order valence-electron chi connectivity index (χ3n) is 6.08. The Bertz CT molecular complexity index is 1190. The molecule has 0 radical (unpaired) electrons. The van der Waals surface area contributed by atoms with Crippen LogP contribution >= 0.6 is 0 Å². The highest BCUT2D eigenvalue weighted by Crippen LogP contribution is 2.42. The van der Waals surface area contributed by atoms with E-state index in [4.69, 9.17) is 0 Å². The van der Waals surface area contributed by atoms with E-state index < -0.39 is 0 Å². The molecule has 34 heavy (non-hydrogen) atoms. The standard InChI is InChI=1S/C27H28N4O3/c1-18-17-25(31(19(2)32)22-9-5-4-6-10-22)23-11-7-8-12-24(23)30(18)26(33)20-13-15-21(16-14-20)29-27(34)28-3/h4-16,18,25H,17H2,1-3H3,(H2,28,29,34). The molecule has 2 atom stereocenters. The number of rotatable bonds is 4. The average molecular weight is 457 g/mol. The second kappa shape index (κ2) is 9.79. The summed E-state index contributed by atoms with van der Waals surface area (Å²) in [4.78, 5) is 41.5. The lowest BCUT2D eigenvalue weighted by molar-refractivity contribution is -0.117. The van der Waals surface area contributed by atoms with Crippen molar-refractivity contribution < 1.29 is 14.4 Å². The summed E-state index contributed by atoms with van der Waals surface area (Å²) in [5.41, 5.74) is 3.69. The molecule has 0 saturated heterocycles. The minimum Gasteiger partial charge on any atom is -0.341 e. The van der Waals surface area contributed by atoms with Gasteiger partial charge in [0.05, 0.1) is 6.04 Å². The molecular weight excluding hydrogens is 428 g/mol. The van der Waals surface area contributed by atoms with Gasteiger partial charge in [-0.25, -0.2) is 4.79 Å². The summed E-state index contributed by atoms with van der Waals surface area (Å²) in [5, 5.41) is 5.19. The number of carbonyl (C=O) groups is 3. The molecule has 2 N–H and O–H groups in total. The summed E-state index contributed by atoms with van der Waals surface area (Å²) in [6, 6.07) is 23.6. The molecule has 174 valence electrons. The van der Waals surface area contributed by atoms with Crippen LogP contribution in [-0.4, -0.2) is 30.9 Å². The molecule has 4 amide bonds. The topological polar surface area (TPSA) is 81.8 Å². The maximum Gasteiger partial charge on any atom is 0.318 e. The molecule has 0 aromatic heterocycles. The van der Waals surface area contributed by atoms with Gasteiger partial charge in [0.25, 0.3) is 5.91 Å². The molecule has 7 nitrogen and oxygen atoms in total. The molecule has 1 aliphatic heterocycles. The van der Waals surface area contributed by atoms with E-state index >= 15 is 0 Å². The van der Waals surface area contributed by atoms with Crippen LogP contribution in [0.1, 0.15) is 42.2 Å². The Kier molecular flexibility index (Phi) is 6.63. The third-order valence-corrected chi connectivity index (χ3v) is 6.08. The molecule has 4 rings (SSSR count). The lowest BCUT2D eigenvalue weighted by Gasteiger charge is -2.43. The first-order valence-electron chi connectivity index (χ1n) is 11.3. The van der Waals surface area contributed by atoms with Crippen LogP contribution in [0.25, 0.3) is 0 Å². The molecule has 0 spiro atoms. The smallest absolute Gasteiger partial charge is 0.318 e. The van der Waals surface area contributed by atoms with Crippen molar-refractivity contribution in [1.29, 1.82) is 0 Å². The number of hydrogen-bond donors (Lipinski definition) is 2. The van der Waals surface area contributed by atoms with Gasteiger partial charge in [-0.3, -0.25) is 9.59 Å². The van der Waals surface area contributed by atoms with Gasteiger partial charge < -0.3 is 20.4 Å². The number of hydrogen-bond acceptors (Lipinski definition) is 3. The van der Waals surface area contributed by atoms with Gasteiger partial charge in [0.15, 0.2) is 0 Å². The Labute approximate surface area is 199 Å². The van der Waals surface area contributed by atoms with Crippen molar-refractivity contribution >= 4 is 34.9 Å². The van der Waals surface area contributed by atoms with E-state index in [1.165, 1.54) is 0 Å². The van der Waals surface area contributed by atoms with Crippen molar-refractivity contribution in [3.63, 3.8) is 0 Å². The van der Waals surface area contributed by atoms with E-state index in [0.29, 0.717) is 17.7 Å². The zero-order chi connectivity index (χ0) is 24.2. The minimum absolute atomic E-state index is 0.0443. The highest BCUT2D eigenvalue weighted by atomic mass is 16.2. The predicted octanol–water partition coefficient (Wildman–Crippen LogP) is 4.97. The zero-order valence-corrected chi connectivity index (χ0v) is 19.5. The average Bonchev–Trinajstić information content (AvgIpc) is 2.84. The van der Waals surface area contributed by atoms with E-state index in [-0.39, 0.29) is 29.9 Å². The quantitative estimate of drug-likeness (QED) is 0.582. The Morgan fingerprint density at radius 1 is 0.912 bits per heavy atom. The predicted molar refractivity (Wildman–Crippen MR) is 134 cm³/mol. The SMILES string of the molecule is CNC(=O)Nc1ccc(C(=O)N2c3ccccc3C(N(C(C)=O)c3ccccc3)CC2C)cc1. The van der Waals surface area contributed by atoms with E-state index in [1.54, 1.807) is 43.1 Å². The summed E-state index contributed by atoms with van der Waals surface area (Å²) >= 11 is 0. The first-order valence-corrected chi connectivity index (χ1v) is 11.3. The Morgan fingerprint density at radius 3 is 2.21 bits per heavy atom. The fourth-order valence-corrected chi connectivity index (χ4v) is 4.53. The summed E-state index contributed by atoms with van der Waals surface area (Å²) in [7, 11) is 1.54. The Balaban J connectivity index is 1.68. The number of anilines is 3. The molecule has 0 saturated carbocycles. The number of urea groups is 1. The van der Waals surface area contributed by atoms with Gasteiger partial charge in [-0.15, -0.1) is 0 Å². The summed E-state index contributed by atoms with van der Waals surface area (Å²) in [6.45, 7) is 3.58. The number of para-hydroxylation sites is 2. The maximum atomic E-state index is 13.6. The molecule has 0 bridgehead atoms. The van der Waals surface area contributed by atoms with Gasteiger partial charge in [-0.2, -0.15) is 0 Å². The van der Waals surface area contributed by atoms with Crippen molar-refractivity contribution in [1.82, 2.24) is 5.32 Å². The van der Waals surface area contributed by atoms with Crippen molar-refractivity contribution in [2.75, 3.05) is 22.2 Å². The van der Waals surface area contributed by atoms with Gasteiger partial charge in [0.1, 0.15) is 0 Å². The molecule has 0 fully saturated rings. The molecule has 7 heteroatoms. The van der Waals surface area contributed by atoms with Gasteiger partial charge in [-0.1, -0.05) is 36.4 Å². The normalized spacial score (nSPS) is 16.9. The number of carbonyl (C=O) groups excluding carboxylic acids is 3. The van der Waals surface area contributed by atoms with E-state index in [9.17, 15) is 14.4 Å². The second-order valence-electron chi connectivity index (χ2n) is 8.34. The molecule has 0 aliphatic carbocycles. The van der Waals surface area contributed by atoms with Crippen LogP contribution in [0.4, 0.5) is 21.9 Å². The first-order chi connectivity index (χ1) is 16.4. The molecule has 2 unspecified atom stereocenters. The summed E-state index contributed by atoms with van der Waals surface area (Å²) < 4.78 is 0. The molecule has 3 aromatic carbocycles. The van der Waals surface area contributed by atoms with Gasteiger partial charge in [0, 0.05) is 42.6 Å². The van der Waals surface area contributed by atoms with Crippen molar-refractivity contribution in [3.8, 4) is 0 Å². The van der Waals surface area contributed by atoms with Crippen LogP contribution in [0, 0.1) is 0 Å². The van der Waals surface area contributed by atoms with E-state index in [1.807, 2.05) is 66.4 Å². The lowest BCUT2D eigenvalue weighted by Crippen LogP contribution is -2.47. The number of fused-ring (bicyclic) bond motifs is 1. The van der Waals surface area contributed by atoms with Crippen molar-refractivity contribution in [2.45, 2.75) is 32.4 Å². The fourth-order valence-electron chi connectivity index (χ4n) is 4.53. The van der Waals surface area contributed by atoms with Crippen LogP contribution < -0.4 is 20.4 Å². The fraction of sp³-hybridized carbons (Fsp3) is 0.222. The van der Waals surface area contributed by atoms with Crippen molar-refractivity contribution in [3.05, 3.63) is 90.0 Å². The summed E-state index contributed by atoms with van der Waals surface area (Å²) in [6.07, 6.45) is 0.605. The first kappa shape index (κ1) is 23.0. The maximum absolute atomic E-state index is 13.6.